The topological polar surface area (TPSA) is 59.6 Å². The zero-order valence-electron chi connectivity index (χ0n) is 11.2. The average molecular weight is 363 g/mol. The lowest BCUT2D eigenvalue weighted by atomic mass is 10.1. The molecule has 18 heavy (non-hydrogen) atoms. The number of halogens is 1. The minimum Gasteiger partial charge on any atom is -0.385 e. The van der Waals surface area contributed by atoms with Crippen LogP contribution in [-0.2, 0) is 4.74 Å². The van der Waals surface area contributed by atoms with Gasteiger partial charge in [-0.1, -0.05) is 6.07 Å². The summed E-state index contributed by atoms with van der Waals surface area (Å²) < 4.78 is 4.94. The van der Waals surface area contributed by atoms with Crippen LogP contribution >= 0.6 is 24.0 Å². The van der Waals surface area contributed by atoms with E-state index in [9.17, 15) is 0 Å². The second kappa shape index (κ2) is 9.16. The Balaban J connectivity index is 0.00000289. The van der Waals surface area contributed by atoms with Gasteiger partial charge in [-0.25, -0.2) is 0 Å². The van der Waals surface area contributed by atoms with Crippen LogP contribution < -0.4 is 11.1 Å². The third-order valence-corrected chi connectivity index (χ3v) is 2.28. The Morgan fingerprint density at radius 2 is 1.89 bits per heavy atom. The van der Waals surface area contributed by atoms with Crippen molar-refractivity contribution in [3.63, 3.8) is 0 Å². The van der Waals surface area contributed by atoms with Crippen LogP contribution in [0.3, 0.4) is 0 Å². The number of nitrogens with zero attached hydrogens (tertiary/aromatic N) is 1. The Labute approximate surface area is 126 Å². The maximum absolute atomic E-state index is 5.79. The predicted octanol–water partition coefficient (Wildman–Crippen LogP) is 2.68. The molecule has 1 aromatic rings. The van der Waals surface area contributed by atoms with E-state index in [0.29, 0.717) is 19.1 Å². The van der Waals surface area contributed by atoms with Gasteiger partial charge < -0.3 is 15.8 Å². The monoisotopic (exact) mass is 363 g/mol. The molecule has 0 spiro atoms. The Morgan fingerprint density at radius 3 is 2.44 bits per heavy atom. The molecule has 1 rings (SSSR count). The molecular formula is C13H22IN3O. The molecule has 0 atom stereocenters. The number of guanidine groups is 1. The molecule has 0 saturated heterocycles. The van der Waals surface area contributed by atoms with Gasteiger partial charge in [0.25, 0.3) is 0 Å². The number of anilines is 1. The lowest BCUT2D eigenvalue weighted by Gasteiger charge is -2.07. The number of methoxy groups -OCH3 is 1. The molecule has 0 bridgehead atoms. The normalized spacial score (nSPS) is 10.9. The van der Waals surface area contributed by atoms with E-state index in [1.165, 1.54) is 11.1 Å². The summed E-state index contributed by atoms with van der Waals surface area (Å²) in [5.41, 5.74) is 9.18. The number of benzene rings is 1. The van der Waals surface area contributed by atoms with Gasteiger partial charge in [0.15, 0.2) is 5.96 Å². The number of rotatable bonds is 5. The molecule has 3 N–H and O–H groups in total. The van der Waals surface area contributed by atoms with E-state index in [2.05, 4.69) is 30.2 Å². The van der Waals surface area contributed by atoms with Crippen LogP contribution in [0, 0.1) is 13.8 Å². The number of nitrogens with two attached hydrogens (primary N) is 1. The van der Waals surface area contributed by atoms with Crippen molar-refractivity contribution >= 4 is 35.6 Å². The molecular weight excluding hydrogens is 341 g/mol. The third kappa shape index (κ3) is 6.80. The van der Waals surface area contributed by atoms with E-state index in [-0.39, 0.29) is 24.0 Å². The summed E-state index contributed by atoms with van der Waals surface area (Å²) >= 11 is 0. The molecule has 0 aromatic heterocycles. The highest BCUT2D eigenvalue weighted by Crippen LogP contribution is 2.13. The standard InChI is InChI=1S/C13H21N3O.HI/c1-10-7-11(2)9-12(8-10)16-13(14)15-5-4-6-17-3;/h7-9H,4-6H2,1-3H3,(H3,14,15,16);1H. The first-order valence-corrected chi connectivity index (χ1v) is 5.76. The van der Waals surface area contributed by atoms with Gasteiger partial charge >= 0.3 is 0 Å². The predicted molar refractivity (Wildman–Crippen MR) is 87.9 cm³/mol. The van der Waals surface area contributed by atoms with Crippen molar-refractivity contribution in [2.24, 2.45) is 10.7 Å². The van der Waals surface area contributed by atoms with Gasteiger partial charge in [0.2, 0.25) is 0 Å². The van der Waals surface area contributed by atoms with Crippen LogP contribution in [0.15, 0.2) is 23.2 Å². The minimum absolute atomic E-state index is 0. The summed E-state index contributed by atoms with van der Waals surface area (Å²) in [6, 6.07) is 6.21. The van der Waals surface area contributed by atoms with E-state index < -0.39 is 0 Å². The Bertz CT molecular complexity index is 374. The second-order valence-electron chi connectivity index (χ2n) is 4.11. The molecule has 0 aliphatic heterocycles. The highest BCUT2D eigenvalue weighted by Gasteiger charge is 1.97. The fourth-order valence-electron chi connectivity index (χ4n) is 1.64. The number of hydrogen-bond donors (Lipinski definition) is 2. The fraction of sp³-hybridized carbons (Fsp3) is 0.462. The molecule has 0 heterocycles. The van der Waals surface area contributed by atoms with Crippen molar-refractivity contribution in [2.75, 3.05) is 25.6 Å². The second-order valence-corrected chi connectivity index (χ2v) is 4.11. The van der Waals surface area contributed by atoms with Crippen molar-refractivity contribution in [1.82, 2.24) is 0 Å². The SMILES string of the molecule is COCCCN=C(N)Nc1cc(C)cc(C)c1.I. The molecule has 0 saturated carbocycles. The van der Waals surface area contributed by atoms with E-state index in [0.717, 1.165) is 12.1 Å². The minimum atomic E-state index is 0. The number of aliphatic imine (C=N–C) groups is 1. The van der Waals surface area contributed by atoms with E-state index in [4.69, 9.17) is 10.5 Å². The van der Waals surface area contributed by atoms with Crippen LogP contribution in [-0.4, -0.2) is 26.2 Å². The first-order valence-electron chi connectivity index (χ1n) is 5.76. The third-order valence-electron chi connectivity index (χ3n) is 2.28. The molecule has 0 amide bonds. The smallest absolute Gasteiger partial charge is 0.193 e. The van der Waals surface area contributed by atoms with Gasteiger partial charge in [-0.05, 0) is 43.5 Å². The Hall–Kier alpha value is -0.820. The molecule has 1 aromatic carbocycles. The van der Waals surface area contributed by atoms with Crippen LogP contribution in [0.2, 0.25) is 0 Å². The molecule has 0 aliphatic carbocycles. The highest BCUT2D eigenvalue weighted by atomic mass is 127. The van der Waals surface area contributed by atoms with Gasteiger partial charge in [0.1, 0.15) is 0 Å². The summed E-state index contributed by atoms with van der Waals surface area (Å²) in [4.78, 5) is 4.22. The summed E-state index contributed by atoms with van der Waals surface area (Å²) in [6.45, 7) is 5.51. The van der Waals surface area contributed by atoms with E-state index in [1.807, 2.05) is 12.1 Å². The van der Waals surface area contributed by atoms with Gasteiger partial charge in [0, 0.05) is 25.9 Å². The molecule has 102 valence electrons. The molecule has 0 fully saturated rings. The summed E-state index contributed by atoms with van der Waals surface area (Å²) in [6.07, 6.45) is 0.881. The molecule has 0 radical (unpaired) electrons. The Morgan fingerprint density at radius 1 is 1.28 bits per heavy atom. The average Bonchev–Trinajstić information content (AvgIpc) is 2.23. The van der Waals surface area contributed by atoms with Gasteiger partial charge in [0.05, 0.1) is 0 Å². The summed E-state index contributed by atoms with van der Waals surface area (Å²) in [5, 5.41) is 3.09. The zero-order chi connectivity index (χ0) is 12.7. The first kappa shape index (κ1) is 17.2. The molecule has 0 unspecified atom stereocenters. The van der Waals surface area contributed by atoms with Gasteiger partial charge in [-0.2, -0.15) is 0 Å². The van der Waals surface area contributed by atoms with Crippen molar-refractivity contribution in [3.8, 4) is 0 Å². The van der Waals surface area contributed by atoms with Crippen molar-refractivity contribution in [1.29, 1.82) is 0 Å². The number of hydrogen-bond acceptors (Lipinski definition) is 2. The van der Waals surface area contributed by atoms with Crippen LogP contribution in [0.5, 0.6) is 0 Å². The number of nitrogens with one attached hydrogen (secondary N) is 1. The summed E-state index contributed by atoms with van der Waals surface area (Å²) in [7, 11) is 1.68. The van der Waals surface area contributed by atoms with Crippen LogP contribution in [0.4, 0.5) is 5.69 Å². The maximum atomic E-state index is 5.79. The van der Waals surface area contributed by atoms with Crippen molar-refractivity contribution in [2.45, 2.75) is 20.3 Å². The van der Waals surface area contributed by atoms with Crippen molar-refractivity contribution in [3.05, 3.63) is 29.3 Å². The number of ether oxygens (including phenoxy) is 1. The quantitative estimate of drug-likeness (QED) is 0.366. The van der Waals surface area contributed by atoms with Gasteiger partial charge in [-0.3, -0.25) is 4.99 Å². The molecule has 0 aliphatic rings. The maximum Gasteiger partial charge on any atom is 0.193 e. The Kier molecular flexibility index (Phi) is 8.74. The highest BCUT2D eigenvalue weighted by molar-refractivity contribution is 14.0. The summed E-state index contributed by atoms with van der Waals surface area (Å²) in [5.74, 6) is 0.450. The number of aryl methyl sites for hydroxylation is 2. The fourth-order valence-corrected chi connectivity index (χ4v) is 1.64. The molecule has 4 nitrogen and oxygen atoms in total. The lowest BCUT2D eigenvalue weighted by Crippen LogP contribution is -2.23. The van der Waals surface area contributed by atoms with Crippen LogP contribution in [0.25, 0.3) is 0 Å². The van der Waals surface area contributed by atoms with Crippen molar-refractivity contribution < 1.29 is 4.74 Å². The van der Waals surface area contributed by atoms with Crippen LogP contribution in [0.1, 0.15) is 17.5 Å². The van der Waals surface area contributed by atoms with E-state index >= 15 is 0 Å². The van der Waals surface area contributed by atoms with E-state index in [1.54, 1.807) is 7.11 Å². The molecule has 5 heteroatoms. The largest absolute Gasteiger partial charge is 0.385 e. The first-order chi connectivity index (χ1) is 8.11. The zero-order valence-corrected chi connectivity index (χ0v) is 13.5. The lowest BCUT2D eigenvalue weighted by molar-refractivity contribution is 0.197. The van der Waals surface area contributed by atoms with Gasteiger partial charge in [-0.15, -0.1) is 24.0 Å².